The van der Waals surface area contributed by atoms with Crippen LogP contribution in [0.25, 0.3) is 0 Å². The van der Waals surface area contributed by atoms with E-state index in [-0.39, 0.29) is 10.7 Å². The van der Waals surface area contributed by atoms with Crippen molar-refractivity contribution < 1.29 is 9.53 Å². The minimum absolute atomic E-state index is 0.00250. The summed E-state index contributed by atoms with van der Waals surface area (Å²) in [7, 11) is 0. The molecule has 21 heavy (non-hydrogen) atoms. The van der Waals surface area contributed by atoms with E-state index in [2.05, 4.69) is 11.6 Å². The predicted molar refractivity (Wildman–Crippen MR) is 91.6 cm³/mol. The van der Waals surface area contributed by atoms with Gasteiger partial charge in [0.05, 0.1) is 4.99 Å². The molecular formula is C15H26N2O2S2. The van der Waals surface area contributed by atoms with Crippen LogP contribution in [0.2, 0.25) is 0 Å². The molecule has 1 amide bonds. The van der Waals surface area contributed by atoms with E-state index in [1.165, 1.54) is 32.1 Å². The number of carbonyl (C=O) groups is 1. The summed E-state index contributed by atoms with van der Waals surface area (Å²) < 4.78 is 5.55. The standard InChI is InChI=1S/C15H26N2O2S2/c1-21-14(5-3-2-4-6-14)11-17-13(18)15(12(16)20)7-9-19-10-8-15/h2-11H2,1H3,(H2,16,20)(H,17,18). The van der Waals surface area contributed by atoms with E-state index < -0.39 is 5.41 Å². The average molecular weight is 331 g/mol. The topological polar surface area (TPSA) is 64.4 Å². The highest BCUT2D eigenvalue weighted by atomic mass is 32.2. The molecule has 4 nitrogen and oxygen atoms in total. The molecule has 1 saturated heterocycles. The number of amides is 1. The average Bonchev–Trinajstić information content (AvgIpc) is 2.54. The number of carbonyl (C=O) groups excluding carboxylic acids is 1. The summed E-state index contributed by atoms with van der Waals surface area (Å²) >= 11 is 7.07. The zero-order valence-electron chi connectivity index (χ0n) is 12.8. The van der Waals surface area contributed by atoms with Crippen molar-refractivity contribution in [2.75, 3.05) is 26.0 Å². The van der Waals surface area contributed by atoms with Gasteiger partial charge in [-0.15, -0.1) is 0 Å². The van der Waals surface area contributed by atoms with Crippen molar-refractivity contribution in [3.8, 4) is 0 Å². The van der Waals surface area contributed by atoms with Crippen LogP contribution in [0.4, 0.5) is 0 Å². The van der Waals surface area contributed by atoms with Crippen LogP contribution in [0.5, 0.6) is 0 Å². The van der Waals surface area contributed by atoms with Crippen molar-refractivity contribution in [3.05, 3.63) is 0 Å². The van der Waals surface area contributed by atoms with Gasteiger partial charge in [-0.1, -0.05) is 31.5 Å². The van der Waals surface area contributed by atoms with E-state index in [1.54, 1.807) is 0 Å². The van der Waals surface area contributed by atoms with Crippen molar-refractivity contribution in [3.63, 3.8) is 0 Å². The number of thiocarbonyl (C=S) groups is 1. The summed E-state index contributed by atoms with van der Waals surface area (Å²) in [5.41, 5.74) is 5.18. The fourth-order valence-electron chi connectivity index (χ4n) is 3.36. The summed E-state index contributed by atoms with van der Waals surface area (Å²) in [4.78, 5) is 13.0. The molecule has 2 rings (SSSR count). The maximum absolute atomic E-state index is 12.7. The first kappa shape index (κ1) is 17.0. The second-order valence-electron chi connectivity index (χ2n) is 6.19. The summed E-state index contributed by atoms with van der Waals surface area (Å²) in [5, 5.41) is 3.15. The van der Waals surface area contributed by atoms with Crippen LogP contribution >= 0.6 is 24.0 Å². The molecule has 2 fully saturated rings. The molecule has 1 aliphatic carbocycles. The van der Waals surface area contributed by atoms with Crippen LogP contribution in [0.15, 0.2) is 0 Å². The minimum atomic E-state index is -0.706. The van der Waals surface area contributed by atoms with Gasteiger partial charge in [-0.2, -0.15) is 11.8 Å². The fraction of sp³-hybridized carbons (Fsp3) is 0.867. The fourth-order valence-corrected chi connectivity index (χ4v) is 4.58. The smallest absolute Gasteiger partial charge is 0.233 e. The Morgan fingerprint density at radius 1 is 1.24 bits per heavy atom. The van der Waals surface area contributed by atoms with E-state index in [0.29, 0.717) is 31.0 Å². The molecule has 0 aromatic rings. The molecule has 0 spiro atoms. The van der Waals surface area contributed by atoms with Crippen LogP contribution in [0, 0.1) is 5.41 Å². The van der Waals surface area contributed by atoms with Gasteiger partial charge in [0.25, 0.3) is 0 Å². The van der Waals surface area contributed by atoms with Crippen LogP contribution in [0.3, 0.4) is 0 Å². The monoisotopic (exact) mass is 330 g/mol. The van der Waals surface area contributed by atoms with Crippen molar-refractivity contribution in [2.45, 2.75) is 49.7 Å². The highest BCUT2D eigenvalue weighted by Gasteiger charge is 2.44. The molecule has 0 aromatic heterocycles. The Kier molecular flexibility index (Phi) is 5.91. The lowest BCUT2D eigenvalue weighted by atomic mass is 9.79. The Balaban J connectivity index is 2.00. The number of nitrogens with two attached hydrogens (primary N) is 1. The molecule has 1 heterocycles. The molecule has 0 bridgehead atoms. The highest BCUT2D eigenvalue weighted by molar-refractivity contribution is 8.00. The minimum Gasteiger partial charge on any atom is -0.392 e. The van der Waals surface area contributed by atoms with Crippen LogP contribution in [-0.4, -0.2) is 41.7 Å². The third-order valence-corrected chi connectivity index (χ3v) is 6.83. The second kappa shape index (κ2) is 7.29. The quantitative estimate of drug-likeness (QED) is 0.757. The number of rotatable bonds is 5. The number of hydrogen-bond acceptors (Lipinski definition) is 4. The normalized spacial score (nSPS) is 24.2. The van der Waals surface area contributed by atoms with Gasteiger partial charge >= 0.3 is 0 Å². The van der Waals surface area contributed by atoms with Crippen molar-refractivity contribution in [2.24, 2.45) is 11.1 Å². The molecule has 0 atom stereocenters. The lowest BCUT2D eigenvalue weighted by Crippen LogP contribution is -2.54. The maximum Gasteiger partial charge on any atom is 0.233 e. The van der Waals surface area contributed by atoms with E-state index in [1.807, 2.05) is 11.8 Å². The lowest BCUT2D eigenvalue weighted by Gasteiger charge is -2.39. The van der Waals surface area contributed by atoms with Gasteiger partial charge in [-0.05, 0) is 31.9 Å². The van der Waals surface area contributed by atoms with Crippen molar-refractivity contribution >= 4 is 34.9 Å². The van der Waals surface area contributed by atoms with Gasteiger partial charge in [0, 0.05) is 24.5 Å². The van der Waals surface area contributed by atoms with Gasteiger partial charge in [0.1, 0.15) is 5.41 Å². The first-order chi connectivity index (χ1) is 10.0. The molecule has 1 saturated carbocycles. The van der Waals surface area contributed by atoms with Gasteiger partial charge in [0.2, 0.25) is 5.91 Å². The van der Waals surface area contributed by atoms with Gasteiger partial charge in [-0.25, -0.2) is 0 Å². The molecule has 0 radical (unpaired) electrons. The Hall–Kier alpha value is -0.330. The van der Waals surface area contributed by atoms with E-state index in [9.17, 15) is 4.79 Å². The third kappa shape index (κ3) is 3.71. The van der Waals surface area contributed by atoms with Crippen LogP contribution in [-0.2, 0) is 9.53 Å². The van der Waals surface area contributed by atoms with Crippen LogP contribution in [0.1, 0.15) is 44.9 Å². The van der Waals surface area contributed by atoms with Crippen LogP contribution < -0.4 is 11.1 Å². The molecule has 3 N–H and O–H groups in total. The van der Waals surface area contributed by atoms with E-state index >= 15 is 0 Å². The zero-order valence-corrected chi connectivity index (χ0v) is 14.4. The summed E-state index contributed by atoms with van der Waals surface area (Å²) in [5.74, 6) is -0.00250. The Morgan fingerprint density at radius 3 is 2.38 bits per heavy atom. The van der Waals surface area contributed by atoms with E-state index in [4.69, 9.17) is 22.7 Å². The molecule has 6 heteroatoms. The lowest BCUT2D eigenvalue weighted by molar-refractivity contribution is -0.131. The van der Waals surface area contributed by atoms with Gasteiger partial charge < -0.3 is 15.8 Å². The zero-order chi connectivity index (χ0) is 15.3. The summed E-state index contributed by atoms with van der Waals surface area (Å²) in [6.45, 7) is 1.83. The molecule has 1 aliphatic heterocycles. The number of hydrogen-bond donors (Lipinski definition) is 2. The Labute approximate surface area is 136 Å². The molecule has 0 aromatic carbocycles. The number of ether oxygens (including phenoxy) is 1. The third-order valence-electron chi connectivity index (χ3n) is 5.02. The van der Waals surface area contributed by atoms with Gasteiger partial charge in [-0.3, -0.25) is 4.79 Å². The second-order valence-corrected chi connectivity index (χ2v) is 7.90. The SMILES string of the molecule is CSC1(CNC(=O)C2(C(N)=S)CCOCC2)CCCCC1. The molecule has 120 valence electrons. The first-order valence-corrected chi connectivity index (χ1v) is 9.39. The summed E-state index contributed by atoms with van der Waals surface area (Å²) in [6.07, 6.45) is 9.52. The molecule has 0 unspecified atom stereocenters. The highest BCUT2D eigenvalue weighted by Crippen LogP contribution is 2.38. The largest absolute Gasteiger partial charge is 0.392 e. The van der Waals surface area contributed by atoms with E-state index in [0.717, 1.165) is 6.54 Å². The Bertz CT molecular complexity index is 389. The number of nitrogens with one attached hydrogen (secondary N) is 1. The maximum atomic E-state index is 12.7. The predicted octanol–water partition coefficient (Wildman–Crippen LogP) is 2.25. The molecule has 2 aliphatic rings. The Morgan fingerprint density at radius 2 is 1.86 bits per heavy atom. The van der Waals surface area contributed by atoms with Crippen molar-refractivity contribution in [1.29, 1.82) is 0 Å². The number of thioether (sulfide) groups is 1. The summed E-state index contributed by atoms with van der Waals surface area (Å²) in [6, 6.07) is 0. The molecular weight excluding hydrogens is 304 g/mol. The van der Waals surface area contributed by atoms with Gasteiger partial charge in [0.15, 0.2) is 0 Å². The van der Waals surface area contributed by atoms with Crippen molar-refractivity contribution in [1.82, 2.24) is 5.32 Å². The first-order valence-electron chi connectivity index (χ1n) is 7.76.